The van der Waals surface area contributed by atoms with Crippen LogP contribution in [0.4, 0.5) is 0 Å². The molecule has 0 unspecified atom stereocenters. The van der Waals surface area contributed by atoms with Gasteiger partial charge in [-0.1, -0.05) is 35.5 Å². The monoisotopic (exact) mass is 398 g/mol. The van der Waals surface area contributed by atoms with Gasteiger partial charge in [0.25, 0.3) is 0 Å². The highest BCUT2D eigenvalue weighted by Crippen LogP contribution is 2.29. The van der Waals surface area contributed by atoms with Crippen molar-refractivity contribution in [2.75, 3.05) is 33.2 Å². The van der Waals surface area contributed by atoms with Gasteiger partial charge in [0.2, 0.25) is 5.43 Å². The number of aryl methyl sites for hydroxylation is 1. The molecule has 5 nitrogen and oxygen atoms in total. The number of rotatable bonds is 3. The third kappa shape index (κ3) is 3.53. The number of fused-ring (bicyclic) bond motifs is 1. The van der Waals surface area contributed by atoms with Crippen molar-refractivity contribution in [3.63, 3.8) is 0 Å². The van der Waals surface area contributed by atoms with Gasteiger partial charge >= 0.3 is 0 Å². The normalized spacial score (nSPS) is 16.0. The SMILES string of the molecule is Cc1oc2c(C[NH+]3CCN(C)CC3)c([O-])ccc2c(=O)c1-c1ccc(Cl)cc1. The van der Waals surface area contributed by atoms with Gasteiger partial charge in [-0.05, 0) is 37.7 Å². The fraction of sp³-hybridized carbons (Fsp3) is 0.318. The van der Waals surface area contributed by atoms with Gasteiger partial charge in [-0.25, -0.2) is 0 Å². The first-order valence-electron chi connectivity index (χ1n) is 9.48. The molecule has 2 heterocycles. The van der Waals surface area contributed by atoms with Crippen LogP contribution >= 0.6 is 11.6 Å². The average molecular weight is 399 g/mol. The third-order valence-corrected chi connectivity index (χ3v) is 5.80. The molecule has 1 saturated heterocycles. The molecule has 4 rings (SSSR count). The number of nitrogens with zero attached hydrogens (tertiary/aromatic N) is 1. The van der Waals surface area contributed by atoms with Crippen LogP contribution in [0.25, 0.3) is 22.1 Å². The van der Waals surface area contributed by atoms with Crippen molar-refractivity contribution in [3.8, 4) is 16.9 Å². The summed E-state index contributed by atoms with van der Waals surface area (Å²) in [5, 5.41) is 13.7. The number of hydrogen-bond donors (Lipinski definition) is 1. The summed E-state index contributed by atoms with van der Waals surface area (Å²) >= 11 is 5.97. The molecule has 0 saturated carbocycles. The van der Waals surface area contributed by atoms with E-state index in [-0.39, 0.29) is 11.2 Å². The minimum Gasteiger partial charge on any atom is -0.872 e. The second-order valence-corrected chi connectivity index (χ2v) is 7.95. The summed E-state index contributed by atoms with van der Waals surface area (Å²) < 4.78 is 6.08. The van der Waals surface area contributed by atoms with Gasteiger partial charge in [0.1, 0.15) is 17.9 Å². The summed E-state index contributed by atoms with van der Waals surface area (Å²) in [6, 6.07) is 10.2. The Morgan fingerprint density at radius 2 is 1.82 bits per heavy atom. The highest BCUT2D eigenvalue weighted by molar-refractivity contribution is 6.30. The predicted molar refractivity (Wildman–Crippen MR) is 109 cm³/mol. The van der Waals surface area contributed by atoms with E-state index < -0.39 is 0 Å². The van der Waals surface area contributed by atoms with E-state index in [1.807, 2.05) is 12.1 Å². The molecule has 1 aromatic heterocycles. The number of piperazine rings is 1. The van der Waals surface area contributed by atoms with E-state index in [4.69, 9.17) is 16.0 Å². The van der Waals surface area contributed by atoms with Crippen molar-refractivity contribution in [1.82, 2.24) is 4.90 Å². The van der Waals surface area contributed by atoms with E-state index in [0.717, 1.165) is 31.7 Å². The zero-order valence-electron chi connectivity index (χ0n) is 16.0. The van der Waals surface area contributed by atoms with Gasteiger partial charge in [-0.2, -0.15) is 0 Å². The Morgan fingerprint density at radius 3 is 2.50 bits per heavy atom. The third-order valence-electron chi connectivity index (χ3n) is 5.55. The molecule has 0 aliphatic carbocycles. The first-order chi connectivity index (χ1) is 13.4. The number of benzene rings is 2. The largest absolute Gasteiger partial charge is 0.872 e. The van der Waals surface area contributed by atoms with Crippen molar-refractivity contribution < 1.29 is 14.4 Å². The lowest BCUT2D eigenvalue weighted by atomic mass is 10.0. The molecule has 6 heteroatoms. The van der Waals surface area contributed by atoms with Crippen molar-refractivity contribution in [2.24, 2.45) is 0 Å². The van der Waals surface area contributed by atoms with Crippen LogP contribution in [0.15, 0.2) is 45.6 Å². The van der Waals surface area contributed by atoms with Gasteiger partial charge in [0.05, 0.1) is 24.0 Å². The zero-order valence-corrected chi connectivity index (χ0v) is 16.8. The van der Waals surface area contributed by atoms with Crippen LogP contribution in [0.3, 0.4) is 0 Å². The Kier molecular flexibility index (Phi) is 5.15. The predicted octanol–water partition coefficient (Wildman–Crippen LogP) is 1.83. The number of nitrogens with one attached hydrogen (secondary N) is 1. The van der Waals surface area contributed by atoms with Gasteiger partial charge in [0, 0.05) is 23.7 Å². The second kappa shape index (κ2) is 7.59. The molecule has 146 valence electrons. The summed E-state index contributed by atoms with van der Waals surface area (Å²) in [4.78, 5) is 16.8. The van der Waals surface area contributed by atoms with E-state index in [1.54, 1.807) is 25.1 Å². The molecule has 0 spiro atoms. The van der Waals surface area contributed by atoms with Gasteiger partial charge in [-0.3, -0.25) is 9.69 Å². The van der Waals surface area contributed by atoms with Crippen LogP contribution in [-0.2, 0) is 6.54 Å². The number of halogens is 1. The summed E-state index contributed by atoms with van der Waals surface area (Å²) in [6.07, 6.45) is 0. The van der Waals surface area contributed by atoms with E-state index in [2.05, 4.69) is 11.9 Å². The van der Waals surface area contributed by atoms with Crippen molar-refractivity contribution in [2.45, 2.75) is 13.5 Å². The van der Waals surface area contributed by atoms with Crippen molar-refractivity contribution >= 4 is 22.6 Å². The van der Waals surface area contributed by atoms with Gasteiger partial charge < -0.3 is 14.4 Å². The van der Waals surface area contributed by atoms with Crippen LogP contribution in [0.1, 0.15) is 11.3 Å². The van der Waals surface area contributed by atoms with Gasteiger partial charge in [-0.15, -0.1) is 0 Å². The Labute approximate surface area is 168 Å². The molecular weight excluding hydrogens is 376 g/mol. The van der Waals surface area contributed by atoms with Gasteiger partial charge in [0.15, 0.2) is 0 Å². The molecule has 28 heavy (non-hydrogen) atoms. The lowest BCUT2D eigenvalue weighted by molar-refractivity contribution is -0.918. The highest BCUT2D eigenvalue weighted by atomic mass is 35.5. The van der Waals surface area contributed by atoms with Crippen LogP contribution in [0, 0.1) is 6.92 Å². The number of likely N-dealkylation sites (N-methyl/N-ethyl adjacent to an activating group) is 1. The summed E-state index contributed by atoms with van der Waals surface area (Å²) in [7, 11) is 2.11. The van der Waals surface area contributed by atoms with E-state index >= 15 is 0 Å². The van der Waals surface area contributed by atoms with Crippen molar-refractivity contribution in [1.29, 1.82) is 0 Å². The fourth-order valence-corrected chi connectivity index (χ4v) is 4.01. The minimum absolute atomic E-state index is 0.0688. The van der Waals surface area contributed by atoms with E-state index in [0.29, 0.717) is 39.4 Å². The molecule has 2 aromatic carbocycles. The Balaban J connectivity index is 1.81. The van der Waals surface area contributed by atoms with Crippen LogP contribution in [-0.4, -0.2) is 38.1 Å². The molecule has 3 aromatic rings. The standard InChI is InChI=1S/C22H23ClN2O3/c1-14-20(15-3-5-16(23)6-4-15)21(27)17-7-8-19(26)18(22(17)28-14)13-25-11-9-24(2)10-12-25/h3-8,26H,9-13H2,1-2H3. The molecule has 1 aliphatic heterocycles. The quantitative estimate of drug-likeness (QED) is 0.731. The maximum atomic E-state index is 13.2. The van der Waals surface area contributed by atoms with Crippen LogP contribution in [0.5, 0.6) is 5.75 Å². The second-order valence-electron chi connectivity index (χ2n) is 7.52. The Morgan fingerprint density at radius 1 is 1.14 bits per heavy atom. The smallest absolute Gasteiger partial charge is 0.200 e. The maximum absolute atomic E-state index is 13.2. The molecule has 0 amide bonds. The van der Waals surface area contributed by atoms with E-state index in [9.17, 15) is 9.90 Å². The molecule has 0 atom stereocenters. The lowest BCUT2D eigenvalue weighted by Gasteiger charge is -2.30. The Bertz CT molecular complexity index is 1070. The van der Waals surface area contributed by atoms with Crippen LogP contribution in [0.2, 0.25) is 5.02 Å². The first kappa shape index (κ1) is 19.0. The molecule has 1 aliphatic rings. The number of quaternary nitrogens is 1. The summed E-state index contributed by atoms with van der Waals surface area (Å²) in [6.45, 7) is 6.29. The highest BCUT2D eigenvalue weighted by Gasteiger charge is 2.21. The minimum atomic E-state index is -0.115. The lowest BCUT2D eigenvalue weighted by Crippen LogP contribution is -3.13. The molecule has 0 radical (unpaired) electrons. The molecule has 0 bridgehead atoms. The van der Waals surface area contributed by atoms with E-state index in [1.165, 1.54) is 11.0 Å². The zero-order chi connectivity index (χ0) is 19.8. The van der Waals surface area contributed by atoms with Crippen LogP contribution < -0.4 is 15.4 Å². The Hall–Kier alpha value is -2.34. The molecular formula is C22H23ClN2O3. The number of hydrogen-bond acceptors (Lipinski definition) is 4. The topological polar surface area (TPSA) is 60.9 Å². The fourth-order valence-electron chi connectivity index (χ4n) is 3.88. The average Bonchev–Trinajstić information content (AvgIpc) is 2.67. The summed E-state index contributed by atoms with van der Waals surface area (Å²) in [5.41, 5.74) is 2.19. The molecule has 1 fully saturated rings. The maximum Gasteiger partial charge on any atom is 0.200 e. The summed E-state index contributed by atoms with van der Waals surface area (Å²) in [5.74, 6) is 0.445. The first-order valence-corrected chi connectivity index (χ1v) is 9.86. The molecule has 1 N–H and O–H groups in total. The van der Waals surface area contributed by atoms with Crippen molar-refractivity contribution in [3.05, 3.63) is 63.0 Å².